The van der Waals surface area contributed by atoms with E-state index in [0.29, 0.717) is 31.4 Å². The van der Waals surface area contributed by atoms with E-state index in [4.69, 9.17) is 33.2 Å². The van der Waals surface area contributed by atoms with Crippen LogP contribution >= 0.6 is 0 Å². The SMILES string of the molecule is CC[C@H]1OC(=O)C[C@@H](O)[C@@H]2/C(=C\C(C)=C\[C@@H]1COC1OC(C)C(O)C(OC)C1OC)C(=O)[C@H](C)C[C@H](CCn1cc(-c3cc(C)c(C)cc3C)nn1)[C@@H]2O[C@@H]1O[C@H](C)C(O)C(N(C)C)C1O. The number of cyclic esters (lactones) is 1. The van der Waals surface area contributed by atoms with E-state index >= 15 is 0 Å². The number of ketones is 1. The highest BCUT2D eigenvalue weighted by Gasteiger charge is 2.51. The van der Waals surface area contributed by atoms with Gasteiger partial charge in [-0.3, -0.25) is 14.3 Å². The van der Waals surface area contributed by atoms with Crippen LogP contribution in [0.5, 0.6) is 0 Å². The van der Waals surface area contributed by atoms with Crippen LogP contribution in [0.2, 0.25) is 0 Å². The number of benzene rings is 1. The number of allylic oxidation sites excluding steroid dienone is 2. The first-order valence-corrected chi connectivity index (χ1v) is 23.4. The van der Waals surface area contributed by atoms with Gasteiger partial charge in [0.2, 0.25) is 0 Å². The van der Waals surface area contributed by atoms with Gasteiger partial charge in [-0.25, -0.2) is 0 Å². The monoisotopic (exact) mass is 927 g/mol. The van der Waals surface area contributed by atoms with Gasteiger partial charge in [0.05, 0.1) is 55.8 Å². The van der Waals surface area contributed by atoms with Crippen molar-refractivity contribution < 1.29 is 63.2 Å². The van der Waals surface area contributed by atoms with E-state index in [1.165, 1.54) is 19.8 Å². The number of aliphatic hydroxyl groups is 4. The van der Waals surface area contributed by atoms with Crippen LogP contribution in [0.1, 0.15) is 77.0 Å². The molecule has 0 bridgehead atoms. The van der Waals surface area contributed by atoms with E-state index in [0.717, 1.165) is 22.4 Å². The smallest absolute Gasteiger partial charge is 0.308 e. The number of rotatable bonds is 13. The van der Waals surface area contributed by atoms with Crippen molar-refractivity contribution >= 4 is 11.8 Å². The minimum atomic E-state index is -1.46. The third-order valence-electron chi connectivity index (χ3n) is 14.2. The highest BCUT2D eigenvalue weighted by molar-refractivity contribution is 5.98. The topological polar surface area (TPSA) is 214 Å². The standard InChI is InChI=1S/C49H74N4O13/c1-13-37-32(23-62-49-47(61-12)46(60-11)43(58)30(8)64-49)16-24(2)17-34-39(36(54)21-38(55)65-37)45(66-48-44(59)40(52(9)10)42(57)29(7)63-48)31(19-28(6)41(34)56)14-15-53-22-35(50-51-53)33-20-26(4)25(3)18-27(33)5/h16-18,20,22,28-32,36-37,39-40,42-49,54,57-59H,13-15,19,21,23H2,1-12H3/b24-16+,34-17+/t28-,29-,30?,31+,32-,36-,37-,39+,40?,42?,43?,44?,45+,46?,47?,48+,49?/m1/s1. The molecule has 6 rings (SSSR count). The summed E-state index contributed by atoms with van der Waals surface area (Å²) in [4.78, 5) is 30.5. The first-order chi connectivity index (χ1) is 31.3. The van der Waals surface area contributed by atoms with Crippen molar-refractivity contribution in [3.05, 3.63) is 58.3 Å². The number of methoxy groups -OCH3 is 2. The second kappa shape index (κ2) is 22.3. The Balaban J connectivity index is 1.38. The van der Waals surface area contributed by atoms with Gasteiger partial charge in [-0.15, -0.1) is 5.10 Å². The number of hydrogen-bond acceptors (Lipinski definition) is 16. The molecule has 0 spiro atoms. The number of aromatic nitrogens is 3. The lowest BCUT2D eigenvalue weighted by molar-refractivity contribution is -0.304. The summed E-state index contributed by atoms with van der Waals surface area (Å²) >= 11 is 0. The third-order valence-corrected chi connectivity index (χ3v) is 14.2. The molecule has 0 amide bonds. The maximum absolute atomic E-state index is 14.8. The fraction of sp³-hybridized carbons (Fsp3) is 0.714. The Bertz CT molecular complexity index is 2040. The zero-order valence-corrected chi connectivity index (χ0v) is 40.7. The molecule has 4 N–H and O–H groups in total. The maximum atomic E-state index is 14.8. The van der Waals surface area contributed by atoms with Crippen LogP contribution in [0.3, 0.4) is 0 Å². The van der Waals surface area contributed by atoms with Crippen molar-refractivity contribution in [2.24, 2.45) is 23.7 Å². The van der Waals surface area contributed by atoms with Gasteiger partial charge in [-0.05, 0) is 104 Å². The summed E-state index contributed by atoms with van der Waals surface area (Å²) in [5, 5.41) is 55.0. The van der Waals surface area contributed by atoms with Crippen molar-refractivity contribution in [1.82, 2.24) is 19.9 Å². The Hall–Kier alpha value is -3.46. The summed E-state index contributed by atoms with van der Waals surface area (Å²) in [7, 11) is 6.47. The normalized spacial score (nSPS) is 38.7. The second-order valence-electron chi connectivity index (χ2n) is 19.3. The van der Waals surface area contributed by atoms with Crippen molar-refractivity contribution in [1.29, 1.82) is 0 Å². The first-order valence-electron chi connectivity index (χ1n) is 23.4. The quantitative estimate of drug-likeness (QED) is 0.211. The Morgan fingerprint density at radius 2 is 1.53 bits per heavy atom. The van der Waals surface area contributed by atoms with Crippen molar-refractivity contribution in [2.45, 2.75) is 167 Å². The molecule has 17 nitrogen and oxygen atoms in total. The van der Waals surface area contributed by atoms with Gasteiger partial charge in [0.25, 0.3) is 0 Å². The predicted octanol–water partition coefficient (Wildman–Crippen LogP) is 3.61. The number of carbonyl (C=O) groups is 2. The van der Waals surface area contributed by atoms with Gasteiger partial charge < -0.3 is 58.5 Å². The van der Waals surface area contributed by atoms with Crippen LogP contribution < -0.4 is 0 Å². The molecule has 1 aliphatic carbocycles. The Kier molecular flexibility index (Phi) is 17.6. The molecule has 2 aromatic rings. The Morgan fingerprint density at radius 3 is 2.20 bits per heavy atom. The fourth-order valence-corrected chi connectivity index (χ4v) is 10.4. The van der Waals surface area contributed by atoms with Crippen LogP contribution in [-0.4, -0.2) is 167 Å². The van der Waals surface area contributed by atoms with Gasteiger partial charge in [0.1, 0.15) is 36.2 Å². The molecule has 1 aromatic carbocycles. The number of likely N-dealkylation sites (N-methyl/N-ethyl adjacent to an activating group) is 1. The second-order valence-corrected chi connectivity index (χ2v) is 19.3. The molecule has 3 fully saturated rings. The largest absolute Gasteiger partial charge is 0.462 e. The number of hydrogen-bond donors (Lipinski definition) is 4. The highest BCUT2D eigenvalue weighted by atomic mass is 16.7. The molecular weight excluding hydrogens is 853 g/mol. The minimum Gasteiger partial charge on any atom is -0.462 e. The van der Waals surface area contributed by atoms with Crippen LogP contribution in [0.15, 0.2) is 41.6 Å². The molecule has 66 heavy (non-hydrogen) atoms. The number of fused-ring (bicyclic) bond motifs is 1. The van der Waals surface area contributed by atoms with E-state index in [9.17, 15) is 30.0 Å². The van der Waals surface area contributed by atoms with E-state index < -0.39 is 116 Å². The lowest BCUT2D eigenvalue weighted by Crippen LogP contribution is -2.63. The Labute approximate surface area is 389 Å². The number of aliphatic hydroxyl groups excluding tert-OH is 4. The molecular formula is C49H74N4O13. The van der Waals surface area contributed by atoms with E-state index in [2.05, 4.69) is 36.3 Å². The minimum absolute atomic E-state index is 0.0152. The number of carbonyl (C=O) groups excluding carboxylic acids is 2. The molecule has 8 unspecified atom stereocenters. The summed E-state index contributed by atoms with van der Waals surface area (Å²) in [5.41, 5.74) is 6.05. The van der Waals surface area contributed by atoms with Crippen molar-refractivity contribution in [3.63, 3.8) is 0 Å². The third kappa shape index (κ3) is 11.3. The zero-order chi connectivity index (χ0) is 48.3. The molecule has 368 valence electrons. The summed E-state index contributed by atoms with van der Waals surface area (Å²) in [6.07, 6.45) is -5.18. The first kappa shape index (κ1) is 51.9. The van der Waals surface area contributed by atoms with E-state index in [-0.39, 0.29) is 18.0 Å². The molecule has 1 aromatic heterocycles. The van der Waals surface area contributed by atoms with Gasteiger partial charge in [-0.2, -0.15) is 0 Å². The van der Waals surface area contributed by atoms with Gasteiger partial charge in [0, 0.05) is 49.7 Å². The molecule has 0 radical (unpaired) electrons. The lowest BCUT2D eigenvalue weighted by Gasteiger charge is -2.46. The molecule has 17 atom stereocenters. The summed E-state index contributed by atoms with van der Waals surface area (Å²) < 4.78 is 44.6. The number of esters is 1. The van der Waals surface area contributed by atoms with Crippen LogP contribution in [0.25, 0.3) is 11.3 Å². The van der Waals surface area contributed by atoms with Gasteiger partial charge in [-0.1, -0.05) is 42.9 Å². The number of nitrogens with zero attached hydrogens (tertiary/aromatic N) is 4. The van der Waals surface area contributed by atoms with Crippen molar-refractivity contribution in [2.75, 3.05) is 34.9 Å². The van der Waals surface area contributed by atoms with Crippen LogP contribution in [-0.2, 0) is 49.3 Å². The molecule has 17 heteroatoms. The summed E-state index contributed by atoms with van der Waals surface area (Å²) in [5.74, 6) is -3.46. The maximum Gasteiger partial charge on any atom is 0.308 e. The summed E-state index contributed by atoms with van der Waals surface area (Å²) in [6.45, 7) is 15.6. The zero-order valence-electron chi connectivity index (χ0n) is 40.7. The molecule has 3 aliphatic heterocycles. The van der Waals surface area contributed by atoms with Gasteiger partial charge >= 0.3 is 5.97 Å². The summed E-state index contributed by atoms with van der Waals surface area (Å²) in [6, 6.07) is 3.49. The molecule has 2 saturated heterocycles. The molecule has 1 saturated carbocycles. The average Bonchev–Trinajstić information content (AvgIpc) is 3.70. The molecule has 4 heterocycles. The molecule has 4 aliphatic rings. The average molecular weight is 927 g/mol. The van der Waals surface area contributed by atoms with E-state index in [1.54, 1.807) is 43.6 Å². The van der Waals surface area contributed by atoms with Crippen molar-refractivity contribution in [3.8, 4) is 11.3 Å². The van der Waals surface area contributed by atoms with Gasteiger partial charge in [0.15, 0.2) is 18.4 Å². The highest BCUT2D eigenvalue weighted by Crippen LogP contribution is 2.42. The van der Waals surface area contributed by atoms with E-state index in [1.807, 2.05) is 40.0 Å². The number of ether oxygens (including phenoxy) is 7. The lowest BCUT2D eigenvalue weighted by atomic mass is 9.79. The Morgan fingerprint density at radius 1 is 0.864 bits per heavy atom. The fourth-order valence-electron chi connectivity index (χ4n) is 10.4. The predicted molar refractivity (Wildman–Crippen MR) is 243 cm³/mol. The van der Waals surface area contributed by atoms with Crippen LogP contribution in [0.4, 0.5) is 0 Å². The number of aryl methyl sites for hydroxylation is 4. The number of Topliss-reactive ketones (excluding diaryl/α,β-unsaturated/α-hetero) is 1. The van der Waals surface area contributed by atoms with Crippen LogP contribution in [0, 0.1) is 44.4 Å².